The van der Waals surface area contributed by atoms with Gasteiger partial charge in [0.05, 0.1) is 6.04 Å². The van der Waals surface area contributed by atoms with Gasteiger partial charge in [0, 0.05) is 22.7 Å². The third kappa shape index (κ3) is 3.09. The van der Waals surface area contributed by atoms with Crippen LogP contribution in [0.3, 0.4) is 0 Å². The molecule has 0 fully saturated rings. The predicted octanol–water partition coefficient (Wildman–Crippen LogP) is 2.17. The van der Waals surface area contributed by atoms with Crippen molar-refractivity contribution in [1.29, 1.82) is 0 Å². The SMILES string of the molecule is N[C@@H](Cc1c[nH]c2ccccc12)C(=O)c1ccccc1S(=O)(=O)O. The van der Waals surface area contributed by atoms with Gasteiger partial charge in [0.15, 0.2) is 5.78 Å². The summed E-state index contributed by atoms with van der Waals surface area (Å²) in [4.78, 5) is 15.2. The fourth-order valence-electron chi connectivity index (χ4n) is 2.72. The van der Waals surface area contributed by atoms with E-state index in [2.05, 4.69) is 4.98 Å². The summed E-state index contributed by atoms with van der Waals surface area (Å²) in [5.74, 6) is -0.534. The van der Waals surface area contributed by atoms with Crippen LogP contribution in [0.2, 0.25) is 0 Å². The van der Waals surface area contributed by atoms with Gasteiger partial charge in [0.1, 0.15) is 4.90 Å². The van der Waals surface area contributed by atoms with Crippen LogP contribution < -0.4 is 5.73 Å². The monoisotopic (exact) mass is 344 g/mol. The average Bonchev–Trinajstić information content (AvgIpc) is 2.96. The van der Waals surface area contributed by atoms with E-state index in [4.69, 9.17) is 5.73 Å². The number of nitrogens with two attached hydrogens (primary N) is 1. The lowest BCUT2D eigenvalue weighted by Gasteiger charge is -2.12. The summed E-state index contributed by atoms with van der Waals surface area (Å²) in [6.45, 7) is 0. The molecule has 24 heavy (non-hydrogen) atoms. The van der Waals surface area contributed by atoms with Crippen molar-refractivity contribution in [2.45, 2.75) is 17.4 Å². The molecule has 0 bridgehead atoms. The van der Waals surface area contributed by atoms with Gasteiger partial charge in [0.25, 0.3) is 10.1 Å². The maximum atomic E-state index is 12.6. The summed E-state index contributed by atoms with van der Waals surface area (Å²) in [6.07, 6.45) is 2.04. The molecule has 0 saturated carbocycles. The van der Waals surface area contributed by atoms with Crippen LogP contribution >= 0.6 is 0 Å². The Labute approximate surface area is 139 Å². The third-order valence-corrected chi connectivity index (χ3v) is 4.79. The van der Waals surface area contributed by atoms with Crippen LogP contribution in [-0.2, 0) is 16.5 Å². The number of fused-ring (bicyclic) bond motifs is 1. The quantitative estimate of drug-likeness (QED) is 0.485. The molecular formula is C17H16N2O4S. The van der Waals surface area contributed by atoms with Crippen LogP contribution in [-0.4, -0.2) is 29.8 Å². The number of carbonyl (C=O) groups is 1. The number of aromatic amines is 1. The topological polar surface area (TPSA) is 113 Å². The molecule has 0 saturated heterocycles. The van der Waals surface area contributed by atoms with E-state index in [1.807, 2.05) is 24.3 Å². The smallest absolute Gasteiger partial charge is 0.295 e. The maximum absolute atomic E-state index is 12.6. The van der Waals surface area contributed by atoms with E-state index in [-0.39, 0.29) is 12.0 Å². The molecule has 0 amide bonds. The standard InChI is InChI=1S/C17H16N2O4S/c18-14(9-11-10-19-15-7-3-1-5-12(11)15)17(20)13-6-2-4-8-16(13)24(21,22)23/h1-8,10,14,19H,9,18H2,(H,21,22,23)/t14-/m0/s1. The van der Waals surface area contributed by atoms with Crippen molar-refractivity contribution in [3.8, 4) is 0 Å². The van der Waals surface area contributed by atoms with Crippen molar-refractivity contribution in [1.82, 2.24) is 4.98 Å². The highest BCUT2D eigenvalue weighted by molar-refractivity contribution is 7.86. The van der Waals surface area contributed by atoms with E-state index in [9.17, 15) is 17.8 Å². The molecule has 0 unspecified atom stereocenters. The zero-order valence-electron chi connectivity index (χ0n) is 12.6. The highest BCUT2D eigenvalue weighted by atomic mass is 32.2. The minimum atomic E-state index is -4.49. The first-order valence-corrected chi connectivity index (χ1v) is 8.73. The number of aromatic nitrogens is 1. The van der Waals surface area contributed by atoms with Crippen molar-refractivity contribution >= 4 is 26.8 Å². The molecule has 0 aliphatic carbocycles. The van der Waals surface area contributed by atoms with Gasteiger partial charge in [-0.25, -0.2) is 0 Å². The van der Waals surface area contributed by atoms with Crippen LogP contribution in [0.4, 0.5) is 0 Å². The van der Waals surface area contributed by atoms with E-state index in [1.165, 1.54) is 24.3 Å². The number of hydrogen-bond acceptors (Lipinski definition) is 4. The summed E-state index contributed by atoms with van der Waals surface area (Å²) in [5.41, 5.74) is 7.71. The van der Waals surface area contributed by atoms with E-state index < -0.39 is 26.8 Å². The van der Waals surface area contributed by atoms with Gasteiger partial charge in [-0.2, -0.15) is 8.42 Å². The summed E-state index contributed by atoms with van der Waals surface area (Å²) in [7, 11) is -4.49. The van der Waals surface area contributed by atoms with E-state index >= 15 is 0 Å². The first kappa shape index (κ1) is 16.4. The second kappa shape index (κ2) is 6.20. The number of carbonyl (C=O) groups excluding carboxylic acids is 1. The maximum Gasteiger partial charge on any atom is 0.295 e. The molecule has 3 aromatic rings. The highest BCUT2D eigenvalue weighted by Gasteiger charge is 2.24. The zero-order chi connectivity index (χ0) is 17.3. The van der Waals surface area contributed by atoms with Crippen LogP contribution in [0.15, 0.2) is 59.6 Å². The fraction of sp³-hybridized carbons (Fsp3) is 0.118. The largest absolute Gasteiger partial charge is 0.361 e. The molecule has 7 heteroatoms. The second-order valence-corrected chi connectivity index (χ2v) is 6.90. The third-order valence-electron chi connectivity index (χ3n) is 3.88. The lowest BCUT2D eigenvalue weighted by molar-refractivity contribution is 0.0957. The number of benzene rings is 2. The second-order valence-electron chi connectivity index (χ2n) is 5.51. The molecule has 2 aromatic carbocycles. The minimum absolute atomic E-state index is 0.104. The molecule has 1 heterocycles. The van der Waals surface area contributed by atoms with Crippen LogP contribution in [0.25, 0.3) is 10.9 Å². The minimum Gasteiger partial charge on any atom is -0.361 e. The Hall–Kier alpha value is -2.48. The van der Waals surface area contributed by atoms with Gasteiger partial charge in [-0.05, 0) is 30.2 Å². The average molecular weight is 344 g/mol. The van der Waals surface area contributed by atoms with Gasteiger partial charge in [-0.3, -0.25) is 9.35 Å². The van der Waals surface area contributed by atoms with Gasteiger partial charge < -0.3 is 10.7 Å². The molecule has 124 valence electrons. The highest BCUT2D eigenvalue weighted by Crippen LogP contribution is 2.21. The number of Topliss-reactive ketones (excluding diaryl/α,β-unsaturated/α-hetero) is 1. The summed E-state index contributed by atoms with van der Waals surface area (Å²) in [5, 5.41) is 0.962. The fourth-order valence-corrected chi connectivity index (χ4v) is 3.42. The van der Waals surface area contributed by atoms with Gasteiger partial charge in [0.2, 0.25) is 0 Å². The normalized spacial score (nSPS) is 13.1. The van der Waals surface area contributed by atoms with Gasteiger partial charge in [-0.1, -0.05) is 30.3 Å². The molecule has 0 radical (unpaired) electrons. The Kier molecular flexibility index (Phi) is 4.23. The number of nitrogens with one attached hydrogen (secondary N) is 1. The molecule has 4 N–H and O–H groups in total. The number of H-pyrrole nitrogens is 1. The van der Waals surface area contributed by atoms with Crippen molar-refractivity contribution in [3.63, 3.8) is 0 Å². The number of para-hydroxylation sites is 1. The summed E-state index contributed by atoms with van der Waals surface area (Å²) < 4.78 is 32.1. The Morgan fingerprint density at radius 1 is 1.12 bits per heavy atom. The van der Waals surface area contributed by atoms with Crippen LogP contribution in [0, 0.1) is 0 Å². The van der Waals surface area contributed by atoms with Crippen LogP contribution in [0.5, 0.6) is 0 Å². The Balaban J connectivity index is 1.91. The van der Waals surface area contributed by atoms with E-state index in [0.717, 1.165) is 16.5 Å². The lowest BCUT2D eigenvalue weighted by Crippen LogP contribution is -2.33. The Morgan fingerprint density at radius 3 is 2.54 bits per heavy atom. The molecule has 3 rings (SSSR count). The van der Waals surface area contributed by atoms with Crippen molar-refractivity contribution in [3.05, 3.63) is 65.9 Å². The molecule has 0 aliphatic heterocycles. The lowest BCUT2D eigenvalue weighted by atomic mass is 9.98. The van der Waals surface area contributed by atoms with E-state index in [0.29, 0.717) is 0 Å². The zero-order valence-corrected chi connectivity index (χ0v) is 13.5. The van der Waals surface area contributed by atoms with Crippen molar-refractivity contribution in [2.75, 3.05) is 0 Å². The first-order valence-electron chi connectivity index (χ1n) is 7.29. The molecule has 1 atom stereocenters. The number of ketones is 1. The van der Waals surface area contributed by atoms with Crippen molar-refractivity contribution < 1.29 is 17.8 Å². The Morgan fingerprint density at radius 2 is 1.79 bits per heavy atom. The van der Waals surface area contributed by atoms with Crippen LogP contribution in [0.1, 0.15) is 15.9 Å². The predicted molar refractivity (Wildman–Crippen MR) is 90.6 cm³/mol. The molecule has 0 aliphatic rings. The molecular weight excluding hydrogens is 328 g/mol. The summed E-state index contributed by atoms with van der Waals surface area (Å²) >= 11 is 0. The molecule has 1 aromatic heterocycles. The van der Waals surface area contributed by atoms with Gasteiger partial charge in [-0.15, -0.1) is 0 Å². The number of hydrogen-bond donors (Lipinski definition) is 3. The Bertz CT molecular complexity index is 1010. The van der Waals surface area contributed by atoms with Gasteiger partial charge >= 0.3 is 0 Å². The summed E-state index contributed by atoms with van der Waals surface area (Å²) in [6, 6.07) is 12.2. The number of rotatable bonds is 5. The molecule has 6 nitrogen and oxygen atoms in total. The first-order chi connectivity index (χ1) is 11.4. The van der Waals surface area contributed by atoms with Crippen molar-refractivity contribution in [2.24, 2.45) is 5.73 Å². The molecule has 0 spiro atoms. The van der Waals surface area contributed by atoms with E-state index in [1.54, 1.807) is 6.20 Å².